The van der Waals surface area contributed by atoms with Gasteiger partial charge in [-0.2, -0.15) is 0 Å². The van der Waals surface area contributed by atoms with Crippen LogP contribution in [0, 0.1) is 16.2 Å². The molecular formula is C22H44N2O. The van der Waals surface area contributed by atoms with Crippen LogP contribution in [-0.4, -0.2) is 35.0 Å². The standard InChI is InChI=1S/C22H44N2O/c1-18(2,3)15-22(11,19(4,5)6)17(25)23-16-13-20(7,8)24(12)21(9,10)14-16/h16H,13-15H2,1-12H3,(H,23,25). The number of rotatable bonds is 3. The Kier molecular flexibility index (Phi) is 5.89. The second kappa shape index (κ2) is 6.55. The van der Waals surface area contributed by atoms with Gasteiger partial charge < -0.3 is 5.32 Å². The second-order valence-corrected chi connectivity index (χ2v) is 12.1. The van der Waals surface area contributed by atoms with Crippen LogP contribution in [0.15, 0.2) is 0 Å². The van der Waals surface area contributed by atoms with Crippen LogP contribution in [0.1, 0.15) is 95.4 Å². The van der Waals surface area contributed by atoms with Crippen molar-refractivity contribution in [3.63, 3.8) is 0 Å². The predicted molar refractivity (Wildman–Crippen MR) is 109 cm³/mol. The summed E-state index contributed by atoms with van der Waals surface area (Å²) >= 11 is 0. The van der Waals surface area contributed by atoms with Gasteiger partial charge in [-0.3, -0.25) is 9.69 Å². The van der Waals surface area contributed by atoms with Gasteiger partial charge in [-0.15, -0.1) is 0 Å². The molecule has 1 fully saturated rings. The Balaban J connectivity index is 3.05. The van der Waals surface area contributed by atoms with Crippen LogP contribution in [0.2, 0.25) is 0 Å². The summed E-state index contributed by atoms with van der Waals surface area (Å²) in [5.41, 5.74) is -0.182. The Labute approximate surface area is 157 Å². The van der Waals surface area contributed by atoms with Gasteiger partial charge in [-0.25, -0.2) is 0 Å². The molecule has 1 rings (SSSR count). The minimum absolute atomic E-state index is 0.0825. The SMILES string of the molecule is CN1C(C)(C)CC(NC(=O)C(C)(CC(C)(C)C)C(C)(C)C)CC1(C)C. The van der Waals surface area contributed by atoms with E-state index in [0.29, 0.717) is 0 Å². The zero-order valence-corrected chi connectivity index (χ0v) is 19.1. The summed E-state index contributed by atoms with van der Waals surface area (Å²) in [5.74, 6) is 0.219. The zero-order chi connectivity index (χ0) is 20.1. The smallest absolute Gasteiger partial charge is 0.226 e. The van der Waals surface area contributed by atoms with Crippen molar-refractivity contribution in [2.75, 3.05) is 7.05 Å². The third-order valence-corrected chi connectivity index (χ3v) is 6.68. The quantitative estimate of drug-likeness (QED) is 0.753. The molecular weight excluding hydrogens is 308 g/mol. The molecule has 0 spiro atoms. The molecule has 0 aromatic heterocycles. The largest absolute Gasteiger partial charge is 0.353 e. The highest BCUT2D eigenvalue weighted by atomic mass is 16.2. The first-order valence-electron chi connectivity index (χ1n) is 9.87. The summed E-state index contributed by atoms with van der Waals surface area (Å²) < 4.78 is 0. The Morgan fingerprint density at radius 3 is 1.68 bits per heavy atom. The van der Waals surface area contributed by atoms with Gasteiger partial charge in [0.25, 0.3) is 0 Å². The van der Waals surface area contributed by atoms with E-state index in [4.69, 9.17) is 0 Å². The summed E-state index contributed by atoms with van der Waals surface area (Å²) in [6, 6.07) is 0.232. The lowest BCUT2D eigenvalue weighted by Crippen LogP contribution is -2.64. The zero-order valence-electron chi connectivity index (χ0n) is 19.1. The molecule has 3 heteroatoms. The Morgan fingerprint density at radius 2 is 1.36 bits per heavy atom. The number of amides is 1. The number of nitrogens with one attached hydrogen (secondary N) is 1. The second-order valence-electron chi connectivity index (χ2n) is 12.1. The fraction of sp³-hybridized carbons (Fsp3) is 0.955. The minimum Gasteiger partial charge on any atom is -0.353 e. The molecule has 1 saturated heterocycles. The summed E-state index contributed by atoms with van der Waals surface area (Å²) in [4.78, 5) is 15.9. The van der Waals surface area contributed by atoms with Crippen LogP contribution in [0.25, 0.3) is 0 Å². The third kappa shape index (κ3) is 4.99. The molecule has 1 unspecified atom stereocenters. The normalized spacial score (nSPS) is 24.6. The van der Waals surface area contributed by atoms with Gasteiger partial charge in [-0.1, -0.05) is 48.5 Å². The van der Waals surface area contributed by atoms with Crippen LogP contribution in [0.5, 0.6) is 0 Å². The minimum atomic E-state index is -0.386. The fourth-order valence-corrected chi connectivity index (χ4v) is 4.56. The Morgan fingerprint density at radius 1 is 0.960 bits per heavy atom. The maximum absolute atomic E-state index is 13.4. The maximum atomic E-state index is 13.4. The van der Waals surface area contributed by atoms with Crippen molar-refractivity contribution in [3.8, 4) is 0 Å². The number of hydrogen-bond acceptors (Lipinski definition) is 2. The van der Waals surface area contributed by atoms with Gasteiger partial charge in [0.2, 0.25) is 5.91 Å². The van der Waals surface area contributed by atoms with Crippen LogP contribution < -0.4 is 5.32 Å². The van der Waals surface area contributed by atoms with Crippen molar-refractivity contribution in [1.82, 2.24) is 10.2 Å². The summed E-state index contributed by atoms with van der Waals surface area (Å²) in [6.07, 6.45) is 2.87. The van der Waals surface area contributed by atoms with E-state index in [1.807, 2.05) is 0 Å². The molecule has 0 aromatic carbocycles. The van der Waals surface area contributed by atoms with Crippen molar-refractivity contribution in [3.05, 3.63) is 0 Å². The summed E-state index contributed by atoms with van der Waals surface area (Å²) in [6.45, 7) is 24.6. The highest BCUT2D eigenvalue weighted by molar-refractivity contribution is 5.83. The van der Waals surface area contributed by atoms with E-state index in [1.54, 1.807) is 0 Å². The van der Waals surface area contributed by atoms with E-state index >= 15 is 0 Å². The van der Waals surface area contributed by atoms with E-state index in [0.717, 1.165) is 19.3 Å². The lowest BCUT2D eigenvalue weighted by molar-refractivity contribution is -0.141. The van der Waals surface area contributed by atoms with Crippen molar-refractivity contribution >= 4 is 5.91 Å². The van der Waals surface area contributed by atoms with Crippen LogP contribution in [-0.2, 0) is 4.79 Å². The van der Waals surface area contributed by atoms with Crippen molar-refractivity contribution in [2.45, 2.75) is 113 Å². The van der Waals surface area contributed by atoms with Gasteiger partial charge in [0.1, 0.15) is 0 Å². The van der Waals surface area contributed by atoms with Gasteiger partial charge in [0.15, 0.2) is 0 Å². The van der Waals surface area contributed by atoms with Crippen LogP contribution in [0.3, 0.4) is 0 Å². The molecule has 1 atom stereocenters. The topological polar surface area (TPSA) is 32.3 Å². The molecule has 1 amide bonds. The van der Waals surface area contributed by atoms with Crippen molar-refractivity contribution in [1.29, 1.82) is 0 Å². The molecule has 1 aliphatic heterocycles. The van der Waals surface area contributed by atoms with Crippen molar-refractivity contribution < 1.29 is 4.79 Å². The molecule has 1 N–H and O–H groups in total. The van der Waals surface area contributed by atoms with E-state index < -0.39 is 0 Å². The highest BCUT2D eigenvalue weighted by Gasteiger charge is 2.49. The molecule has 0 radical (unpaired) electrons. The monoisotopic (exact) mass is 352 g/mol. The lowest BCUT2D eigenvalue weighted by Gasteiger charge is -2.54. The summed E-state index contributed by atoms with van der Waals surface area (Å²) in [5, 5.41) is 3.45. The van der Waals surface area contributed by atoms with Gasteiger partial charge in [0, 0.05) is 17.1 Å². The lowest BCUT2D eigenvalue weighted by atomic mass is 9.60. The number of hydrogen-bond donors (Lipinski definition) is 1. The van der Waals surface area contributed by atoms with Crippen LogP contribution in [0.4, 0.5) is 0 Å². The first-order chi connectivity index (χ1) is 10.8. The van der Waals surface area contributed by atoms with Gasteiger partial charge in [-0.05, 0) is 64.8 Å². The molecule has 0 aromatic rings. The molecule has 0 saturated carbocycles. The van der Waals surface area contributed by atoms with E-state index in [-0.39, 0.29) is 39.3 Å². The Bertz CT molecular complexity index is 475. The molecule has 1 aliphatic rings. The number of piperidine rings is 1. The van der Waals surface area contributed by atoms with Gasteiger partial charge >= 0.3 is 0 Å². The van der Waals surface area contributed by atoms with E-state index in [9.17, 15) is 4.79 Å². The number of carbonyl (C=O) groups excluding carboxylic acids is 1. The maximum Gasteiger partial charge on any atom is 0.226 e. The first kappa shape index (κ1) is 22.5. The van der Waals surface area contributed by atoms with Crippen LogP contribution >= 0.6 is 0 Å². The summed E-state index contributed by atoms with van der Waals surface area (Å²) in [7, 11) is 2.21. The average Bonchev–Trinajstić information content (AvgIpc) is 2.31. The fourth-order valence-electron chi connectivity index (χ4n) is 4.56. The molecule has 25 heavy (non-hydrogen) atoms. The molecule has 3 nitrogen and oxygen atoms in total. The van der Waals surface area contributed by atoms with Gasteiger partial charge in [0.05, 0.1) is 5.41 Å². The molecule has 0 aliphatic carbocycles. The van der Waals surface area contributed by atoms with E-state index in [2.05, 4.69) is 93.4 Å². The number of carbonyl (C=O) groups is 1. The Hall–Kier alpha value is -0.570. The molecule has 148 valence electrons. The number of likely N-dealkylation sites (tertiary alicyclic amines) is 1. The average molecular weight is 353 g/mol. The number of nitrogens with zero attached hydrogens (tertiary/aromatic N) is 1. The van der Waals surface area contributed by atoms with E-state index in [1.165, 1.54) is 0 Å². The predicted octanol–water partition coefficient (Wildman–Crippen LogP) is 5.24. The molecule has 0 bridgehead atoms. The first-order valence-corrected chi connectivity index (χ1v) is 9.87. The third-order valence-electron chi connectivity index (χ3n) is 6.68. The molecule has 1 heterocycles. The highest BCUT2D eigenvalue weighted by Crippen LogP contribution is 2.47. The van der Waals surface area contributed by atoms with Crippen molar-refractivity contribution in [2.24, 2.45) is 16.2 Å².